The summed E-state index contributed by atoms with van der Waals surface area (Å²) >= 11 is 0. The van der Waals surface area contributed by atoms with E-state index in [0.717, 1.165) is 6.33 Å². The summed E-state index contributed by atoms with van der Waals surface area (Å²) in [4.78, 5) is 57.1. The van der Waals surface area contributed by atoms with E-state index in [4.69, 9.17) is 28.8 Å². The molecule has 5 aromatic heterocycles. The lowest BCUT2D eigenvalue weighted by Gasteiger charge is -2.26. The Morgan fingerprint density at radius 3 is 2.40 bits per heavy atom. The average Bonchev–Trinajstić information content (AvgIpc) is 3.83. The van der Waals surface area contributed by atoms with Crippen LogP contribution < -0.4 is 16.4 Å². The van der Waals surface area contributed by atoms with E-state index in [1.165, 1.54) is 21.8 Å². The van der Waals surface area contributed by atoms with E-state index in [1.54, 1.807) is 16.8 Å². The van der Waals surface area contributed by atoms with Gasteiger partial charge in [0.1, 0.15) is 36.8 Å². The Bertz CT molecular complexity index is 2170. The van der Waals surface area contributed by atoms with Gasteiger partial charge < -0.3 is 35.2 Å². The van der Waals surface area contributed by atoms with Gasteiger partial charge in [-0.3, -0.25) is 36.9 Å². The number of imidazole rings is 3. The maximum absolute atomic E-state index is 13.4. The van der Waals surface area contributed by atoms with Gasteiger partial charge in [0.05, 0.1) is 31.9 Å². The maximum atomic E-state index is 13.4. The molecule has 8 heterocycles. The number of aromatic amines is 1. The number of aliphatic hydroxyl groups excluding tert-OH is 2. The van der Waals surface area contributed by atoms with Crippen molar-refractivity contribution in [3.63, 3.8) is 0 Å². The molecule has 3 aliphatic rings. The molecule has 0 amide bonds. The summed E-state index contributed by atoms with van der Waals surface area (Å²) in [5.41, 5.74) is 5.87. The minimum Gasteiger partial charge on any atom is -0.388 e. The van der Waals surface area contributed by atoms with Gasteiger partial charge >= 0.3 is 15.6 Å². The number of nitrogens with zero attached hydrogens (tertiary/aromatic N) is 8. The highest BCUT2D eigenvalue weighted by atomic mass is 31.2. The first kappa shape index (κ1) is 30.6. The molecule has 0 radical (unpaired) electrons. The molecule has 3 saturated heterocycles. The lowest BCUT2D eigenvalue weighted by atomic mass is 10.1. The van der Waals surface area contributed by atoms with Crippen LogP contribution in [0.25, 0.3) is 28.0 Å². The highest BCUT2D eigenvalue weighted by Crippen LogP contribution is 2.51. The van der Waals surface area contributed by atoms with Gasteiger partial charge in [-0.05, 0) is 0 Å². The van der Waals surface area contributed by atoms with Gasteiger partial charge in [0.15, 0.2) is 40.4 Å². The zero-order chi connectivity index (χ0) is 32.8. The second kappa shape index (κ2) is 10.9. The molecule has 0 aromatic carbocycles. The van der Waals surface area contributed by atoms with Gasteiger partial charge in [-0.25, -0.2) is 34.2 Å². The van der Waals surface area contributed by atoms with Crippen LogP contribution in [0.15, 0.2) is 36.2 Å². The Morgan fingerprint density at radius 1 is 0.872 bits per heavy atom. The number of anilines is 1. The van der Waals surface area contributed by atoms with Crippen molar-refractivity contribution < 1.29 is 52.2 Å². The normalized spacial score (nSPS) is 36.8. The fourth-order valence-corrected chi connectivity index (χ4v) is 7.93. The molecule has 25 heteroatoms. The maximum Gasteiger partial charge on any atom is 0.472 e. The van der Waals surface area contributed by atoms with Crippen molar-refractivity contribution in [3.8, 4) is 0 Å². The third-order valence-electron chi connectivity index (χ3n) is 8.01. The van der Waals surface area contributed by atoms with Crippen molar-refractivity contribution in [2.45, 2.75) is 49.0 Å². The van der Waals surface area contributed by atoms with Crippen LogP contribution >= 0.6 is 15.6 Å². The standard InChI is InChI=1S/C22H25N11O12P2/c23-22-28-18-12(19(36)29-22)26-7-33(18)20-10-13(34)8(43-20)3-42-47(39,40)45-15-9(4-41-46(37,38)30-10)44-21(14(15)35)32-6-25-11-16-24-1-2-31(16)5-27-17(11)32/h1-2,5-10,13-15,20-21,34-35H,3-4H2,(H,39,40)(H2,30,37,38)(H3,23,28,29,36). The van der Waals surface area contributed by atoms with Gasteiger partial charge in [-0.1, -0.05) is 0 Å². The van der Waals surface area contributed by atoms with Crippen LogP contribution in [0.2, 0.25) is 0 Å². The lowest BCUT2D eigenvalue weighted by Crippen LogP contribution is -2.43. The topological polar surface area (TPSA) is 311 Å². The van der Waals surface area contributed by atoms with Crippen molar-refractivity contribution in [2.75, 3.05) is 18.9 Å². The summed E-state index contributed by atoms with van der Waals surface area (Å²) in [5, 5.41) is 24.7. The van der Waals surface area contributed by atoms with Crippen LogP contribution in [0.1, 0.15) is 12.5 Å². The number of hydrogen-bond acceptors (Lipinski definition) is 16. The molecule has 23 nitrogen and oxygen atoms in total. The Kier molecular flexibility index (Phi) is 7.11. The van der Waals surface area contributed by atoms with E-state index in [9.17, 15) is 33.9 Å². The van der Waals surface area contributed by atoms with E-state index in [1.807, 2.05) is 0 Å². The van der Waals surface area contributed by atoms with E-state index in [2.05, 4.69) is 35.0 Å². The SMILES string of the molecule is Nc1nc2c(ncn2C2OC3COP(=O)(O)OC4C(COP(=O)(O)NC2C3O)OC(n2cnc3c2ncn2ccnc32)C4O)c(=O)[nH]1. The molecule has 8 N–H and O–H groups in total. The smallest absolute Gasteiger partial charge is 0.388 e. The van der Waals surface area contributed by atoms with Crippen LogP contribution in [0, 0.1) is 0 Å². The zero-order valence-corrected chi connectivity index (χ0v) is 25.3. The monoisotopic (exact) mass is 697 g/mol. The number of phosphoric ester groups is 1. The molecule has 0 saturated carbocycles. The van der Waals surface area contributed by atoms with Gasteiger partial charge in [0, 0.05) is 12.4 Å². The third kappa shape index (κ3) is 5.17. The van der Waals surface area contributed by atoms with Crippen LogP contribution in [0.4, 0.5) is 5.95 Å². The molecule has 3 aliphatic heterocycles. The zero-order valence-electron chi connectivity index (χ0n) is 23.5. The number of nitrogens with one attached hydrogen (secondary N) is 2. The number of phosphoric acid groups is 1. The minimum atomic E-state index is -5.04. The number of nitrogen functional groups attached to an aromatic ring is 1. The Hall–Kier alpha value is -3.70. The Balaban J connectivity index is 1.11. The highest BCUT2D eigenvalue weighted by Gasteiger charge is 2.53. The highest BCUT2D eigenvalue weighted by molar-refractivity contribution is 7.50. The Labute approximate surface area is 260 Å². The number of aliphatic hydroxyl groups is 2. The molecule has 10 atom stereocenters. The molecule has 5 aromatic rings. The first-order valence-corrected chi connectivity index (χ1v) is 16.9. The second-order valence-corrected chi connectivity index (χ2v) is 13.9. The number of ether oxygens (including phenoxy) is 2. The van der Waals surface area contributed by atoms with Crippen molar-refractivity contribution in [3.05, 3.63) is 41.7 Å². The van der Waals surface area contributed by atoms with Crippen molar-refractivity contribution >= 4 is 49.5 Å². The predicted octanol–water partition coefficient (Wildman–Crippen LogP) is -2.10. The molecule has 47 heavy (non-hydrogen) atoms. The van der Waals surface area contributed by atoms with Gasteiger partial charge in [0.2, 0.25) is 5.95 Å². The molecule has 3 fully saturated rings. The summed E-state index contributed by atoms with van der Waals surface area (Å²) in [6, 6.07) is -1.46. The fraction of sp³-hybridized carbons (Fsp3) is 0.455. The van der Waals surface area contributed by atoms with E-state index >= 15 is 0 Å². The summed E-state index contributed by atoms with van der Waals surface area (Å²) in [5.74, 6) is -0.259. The molecule has 10 unspecified atom stereocenters. The number of rotatable bonds is 2. The van der Waals surface area contributed by atoms with Gasteiger partial charge in [-0.2, -0.15) is 4.98 Å². The number of aromatic nitrogens is 9. The minimum absolute atomic E-state index is 0.0833. The largest absolute Gasteiger partial charge is 0.472 e. The molecule has 250 valence electrons. The molecule has 0 spiro atoms. The van der Waals surface area contributed by atoms with Gasteiger partial charge in [0.25, 0.3) is 5.56 Å². The van der Waals surface area contributed by atoms with Crippen LogP contribution in [0.5, 0.6) is 0 Å². The fourth-order valence-electron chi connectivity index (χ4n) is 5.89. The van der Waals surface area contributed by atoms with E-state index < -0.39 is 83.4 Å². The Morgan fingerprint density at radius 2 is 1.60 bits per heavy atom. The first-order chi connectivity index (χ1) is 22.4. The van der Waals surface area contributed by atoms with Crippen LogP contribution in [-0.4, -0.2) is 113 Å². The quantitative estimate of drug-likeness (QED) is 0.0972. The third-order valence-corrected chi connectivity index (χ3v) is 10.1. The second-order valence-electron chi connectivity index (χ2n) is 10.9. The summed E-state index contributed by atoms with van der Waals surface area (Å²) in [7, 11) is -9.91. The van der Waals surface area contributed by atoms with Crippen LogP contribution in [0.3, 0.4) is 0 Å². The summed E-state index contributed by atoms with van der Waals surface area (Å²) in [6.07, 6.45) is -3.34. The molecular weight excluding hydrogens is 672 g/mol. The summed E-state index contributed by atoms with van der Waals surface area (Å²) in [6.45, 7) is -1.53. The van der Waals surface area contributed by atoms with Crippen molar-refractivity contribution in [1.82, 2.24) is 48.5 Å². The average molecular weight is 697 g/mol. The first-order valence-electron chi connectivity index (χ1n) is 13.8. The predicted molar refractivity (Wildman–Crippen MR) is 152 cm³/mol. The summed E-state index contributed by atoms with van der Waals surface area (Å²) < 4.78 is 58.3. The van der Waals surface area contributed by atoms with E-state index in [0.29, 0.717) is 11.2 Å². The number of fused-ring (bicyclic) bond motifs is 7. The van der Waals surface area contributed by atoms with E-state index in [-0.39, 0.29) is 22.8 Å². The lowest BCUT2D eigenvalue weighted by molar-refractivity contribution is -0.0556. The molecular formula is C22H25N11O12P2. The number of hydrogen-bond donors (Lipinski definition) is 7. The number of nitrogens with two attached hydrogens (primary N) is 1. The van der Waals surface area contributed by atoms with Crippen LogP contribution in [-0.2, 0) is 32.2 Å². The van der Waals surface area contributed by atoms with Crippen molar-refractivity contribution in [2.24, 2.45) is 0 Å². The number of H-pyrrole nitrogens is 1. The van der Waals surface area contributed by atoms with Crippen molar-refractivity contribution in [1.29, 1.82) is 0 Å². The molecule has 0 aliphatic carbocycles. The molecule has 2 bridgehead atoms. The van der Waals surface area contributed by atoms with Gasteiger partial charge in [-0.15, -0.1) is 0 Å². The molecule has 8 rings (SSSR count).